The van der Waals surface area contributed by atoms with E-state index in [0.717, 1.165) is 42.5 Å². The number of aryl methyl sites for hydroxylation is 1. The zero-order valence-electron chi connectivity index (χ0n) is 11.2. The summed E-state index contributed by atoms with van der Waals surface area (Å²) in [5, 5.41) is 12.7. The largest absolute Gasteiger partial charge is 0.383 e. The van der Waals surface area contributed by atoms with E-state index in [0.29, 0.717) is 0 Å². The third-order valence-corrected chi connectivity index (χ3v) is 3.26. The first-order valence-electron chi connectivity index (χ1n) is 6.83. The van der Waals surface area contributed by atoms with Crippen LogP contribution in [0.5, 0.6) is 0 Å². The summed E-state index contributed by atoms with van der Waals surface area (Å²) in [4.78, 5) is 4.03. The fourth-order valence-electron chi connectivity index (χ4n) is 2.21. The molecule has 0 unspecified atom stereocenters. The Labute approximate surface area is 117 Å². The Hall–Kier alpha value is -2.43. The molecule has 0 amide bonds. The van der Waals surface area contributed by atoms with Crippen LogP contribution in [-0.4, -0.2) is 26.3 Å². The van der Waals surface area contributed by atoms with Gasteiger partial charge in [0.2, 0.25) is 0 Å². The van der Waals surface area contributed by atoms with Gasteiger partial charge in [0, 0.05) is 30.9 Å². The predicted octanol–water partition coefficient (Wildman–Crippen LogP) is 2.72. The third kappa shape index (κ3) is 2.93. The van der Waals surface area contributed by atoms with E-state index >= 15 is 0 Å². The van der Waals surface area contributed by atoms with E-state index in [-0.39, 0.29) is 0 Å². The van der Waals surface area contributed by atoms with Crippen LogP contribution in [0.2, 0.25) is 0 Å². The highest BCUT2D eigenvalue weighted by Crippen LogP contribution is 2.19. The number of nitrogens with zero attached hydrogens (tertiary/aromatic N) is 4. The molecule has 0 atom stereocenters. The first-order chi connectivity index (χ1) is 9.93. The highest BCUT2D eigenvalue weighted by atomic mass is 15.1. The summed E-state index contributed by atoms with van der Waals surface area (Å²) in [5.41, 5.74) is 1.98. The Bertz CT molecular complexity index is 658. The van der Waals surface area contributed by atoms with Crippen LogP contribution in [-0.2, 0) is 6.54 Å². The predicted molar refractivity (Wildman–Crippen MR) is 79.5 cm³/mol. The quantitative estimate of drug-likeness (QED) is 0.698. The monoisotopic (exact) mass is 267 g/mol. The molecule has 2 aromatic heterocycles. The molecule has 0 aliphatic heterocycles. The molecular weight excluding hydrogens is 250 g/mol. The van der Waals surface area contributed by atoms with Gasteiger partial charge >= 0.3 is 0 Å². The second-order valence-electron chi connectivity index (χ2n) is 4.71. The van der Waals surface area contributed by atoms with Gasteiger partial charge in [-0.1, -0.05) is 18.2 Å². The first-order valence-corrected chi connectivity index (χ1v) is 6.83. The molecule has 3 rings (SSSR count). The van der Waals surface area contributed by atoms with Crippen molar-refractivity contribution in [3.63, 3.8) is 0 Å². The second-order valence-corrected chi connectivity index (χ2v) is 4.71. The van der Waals surface area contributed by atoms with Gasteiger partial charge < -0.3 is 9.88 Å². The van der Waals surface area contributed by atoms with Crippen LogP contribution in [0.4, 0.5) is 5.69 Å². The molecule has 0 aliphatic rings. The Morgan fingerprint density at radius 2 is 2.10 bits per heavy atom. The highest BCUT2D eigenvalue weighted by molar-refractivity contribution is 5.90. The minimum absolute atomic E-state index is 0.927. The maximum atomic E-state index is 4.12. The Morgan fingerprint density at radius 1 is 1.15 bits per heavy atom. The fraction of sp³-hybridized carbons (Fsp3) is 0.267. The number of imidazole rings is 1. The molecule has 0 saturated carbocycles. The van der Waals surface area contributed by atoms with Crippen molar-refractivity contribution in [1.82, 2.24) is 19.7 Å². The minimum atomic E-state index is 0.927. The third-order valence-electron chi connectivity index (χ3n) is 3.26. The molecule has 1 aromatic carbocycles. The normalized spacial score (nSPS) is 10.8. The fourth-order valence-corrected chi connectivity index (χ4v) is 2.21. The zero-order chi connectivity index (χ0) is 13.6. The Kier molecular flexibility index (Phi) is 3.87. The molecule has 20 heavy (non-hydrogen) atoms. The van der Waals surface area contributed by atoms with Crippen molar-refractivity contribution in [3.05, 3.63) is 49.2 Å². The Balaban J connectivity index is 1.52. The zero-order valence-corrected chi connectivity index (χ0v) is 11.2. The van der Waals surface area contributed by atoms with Crippen molar-refractivity contribution < 1.29 is 0 Å². The Morgan fingerprint density at radius 3 is 3.00 bits per heavy atom. The van der Waals surface area contributed by atoms with E-state index in [9.17, 15) is 0 Å². The number of benzene rings is 1. The topological polar surface area (TPSA) is 55.6 Å². The molecule has 1 N–H and O–H groups in total. The lowest BCUT2D eigenvalue weighted by Crippen LogP contribution is -2.05. The summed E-state index contributed by atoms with van der Waals surface area (Å²) < 4.78 is 2.10. The van der Waals surface area contributed by atoms with Gasteiger partial charge in [-0.2, -0.15) is 10.2 Å². The van der Waals surface area contributed by atoms with Crippen molar-refractivity contribution in [2.75, 3.05) is 11.9 Å². The van der Waals surface area contributed by atoms with Gasteiger partial charge in [0.05, 0.1) is 23.7 Å². The summed E-state index contributed by atoms with van der Waals surface area (Å²) >= 11 is 0. The van der Waals surface area contributed by atoms with Crippen LogP contribution in [0.1, 0.15) is 12.8 Å². The molecule has 0 radical (unpaired) electrons. The van der Waals surface area contributed by atoms with Gasteiger partial charge in [0.25, 0.3) is 0 Å². The maximum absolute atomic E-state index is 4.12. The molecule has 2 heterocycles. The molecule has 0 bridgehead atoms. The molecular formula is C15H17N5. The van der Waals surface area contributed by atoms with E-state index in [4.69, 9.17) is 0 Å². The number of nitrogens with one attached hydrogen (secondary N) is 1. The van der Waals surface area contributed by atoms with Gasteiger partial charge in [-0.05, 0) is 18.9 Å². The molecule has 102 valence electrons. The number of fused-ring (bicyclic) bond motifs is 1. The van der Waals surface area contributed by atoms with Crippen LogP contribution < -0.4 is 5.32 Å². The summed E-state index contributed by atoms with van der Waals surface area (Å²) in [6, 6.07) is 8.05. The molecule has 0 spiro atoms. The highest BCUT2D eigenvalue weighted by Gasteiger charge is 2.01. The molecule has 5 heteroatoms. The van der Waals surface area contributed by atoms with Crippen molar-refractivity contribution in [3.8, 4) is 0 Å². The number of hydrogen-bond acceptors (Lipinski definition) is 4. The van der Waals surface area contributed by atoms with Gasteiger partial charge in [-0.15, -0.1) is 0 Å². The number of unbranched alkanes of at least 4 members (excludes halogenated alkanes) is 1. The SMILES string of the molecule is c1ccc2c(NCCCCn3ccnc3)cnnc2c1. The van der Waals surface area contributed by atoms with Gasteiger partial charge in [0.1, 0.15) is 0 Å². The molecule has 3 aromatic rings. The smallest absolute Gasteiger partial charge is 0.0950 e. The molecule has 0 aliphatic carbocycles. The summed E-state index contributed by atoms with van der Waals surface area (Å²) in [5.74, 6) is 0. The van der Waals surface area contributed by atoms with Crippen LogP contribution in [0.15, 0.2) is 49.2 Å². The average Bonchev–Trinajstić information content (AvgIpc) is 3.00. The van der Waals surface area contributed by atoms with E-state index in [1.165, 1.54) is 0 Å². The van der Waals surface area contributed by atoms with E-state index in [1.807, 2.05) is 36.9 Å². The maximum Gasteiger partial charge on any atom is 0.0950 e. The minimum Gasteiger partial charge on any atom is -0.383 e. The van der Waals surface area contributed by atoms with Crippen LogP contribution in [0.3, 0.4) is 0 Å². The summed E-state index contributed by atoms with van der Waals surface area (Å²) in [6.45, 7) is 1.95. The average molecular weight is 267 g/mol. The van der Waals surface area contributed by atoms with Crippen molar-refractivity contribution >= 4 is 16.6 Å². The lowest BCUT2D eigenvalue weighted by Gasteiger charge is -2.08. The van der Waals surface area contributed by atoms with Crippen LogP contribution in [0.25, 0.3) is 10.9 Å². The van der Waals surface area contributed by atoms with Crippen molar-refractivity contribution in [2.24, 2.45) is 0 Å². The summed E-state index contributed by atoms with van der Waals surface area (Å²) in [7, 11) is 0. The van der Waals surface area contributed by atoms with Gasteiger partial charge in [0.15, 0.2) is 0 Å². The standard InChI is InChI=1S/C15H17N5/c1-2-6-14-13(5-1)15(11-18-19-14)17-7-3-4-9-20-10-8-16-12-20/h1-2,5-6,8,10-12H,3-4,7,9H2,(H,17,19). The van der Waals surface area contributed by atoms with Crippen LogP contribution in [0, 0.1) is 0 Å². The lowest BCUT2D eigenvalue weighted by atomic mass is 10.2. The van der Waals surface area contributed by atoms with E-state index < -0.39 is 0 Å². The molecule has 5 nitrogen and oxygen atoms in total. The van der Waals surface area contributed by atoms with Gasteiger partial charge in [-0.3, -0.25) is 0 Å². The molecule has 0 saturated heterocycles. The second kappa shape index (κ2) is 6.14. The number of rotatable bonds is 6. The van der Waals surface area contributed by atoms with Crippen molar-refractivity contribution in [2.45, 2.75) is 19.4 Å². The van der Waals surface area contributed by atoms with Crippen LogP contribution >= 0.6 is 0 Å². The van der Waals surface area contributed by atoms with E-state index in [2.05, 4.69) is 31.1 Å². The first kappa shape index (κ1) is 12.6. The van der Waals surface area contributed by atoms with Gasteiger partial charge in [-0.25, -0.2) is 4.98 Å². The molecule has 0 fully saturated rings. The van der Waals surface area contributed by atoms with E-state index in [1.54, 1.807) is 6.20 Å². The number of anilines is 1. The lowest BCUT2D eigenvalue weighted by molar-refractivity contribution is 0.621. The number of aromatic nitrogens is 4. The van der Waals surface area contributed by atoms with Crippen molar-refractivity contribution in [1.29, 1.82) is 0 Å². The number of hydrogen-bond donors (Lipinski definition) is 1. The summed E-state index contributed by atoms with van der Waals surface area (Å²) in [6.07, 6.45) is 9.68.